The van der Waals surface area contributed by atoms with Gasteiger partial charge in [-0.25, -0.2) is 4.79 Å². The van der Waals surface area contributed by atoms with Crippen LogP contribution in [0, 0.1) is 16.0 Å². The molecule has 3 aliphatic heterocycles. The molecule has 3 aliphatic rings. The van der Waals surface area contributed by atoms with E-state index in [2.05, 4.69) is 4.90 Å². The number of carboxylic acids is 1. The zero-order valence-corrected chi connectivity index (χ0v) is 20.3. The second-order valence-electron chi connectivity index (χ2n) is 8.68. The number of carbonyl (C=O) groups excluding carboxylic acids is 1. The number of hydrogen-bond acceptors (Lipinski definition) is 8. The molecule has 1 fully saturated rings. The Morgan fingerprint density at radius 3 is 2.39 bits per heavy atom. The molecule has 0 bridgehead atoms. The minimum absolute atomic E-state index is 0.0496. The van der Waals surface area contributed by atoms with Crippen LogP contribution in [0.15, 0.2) is 45.5 Å². The zero-order chi connectivity index (χ0) is 24.4. The number of carbonyl (C=O) groups is 2. The van der Waals surface area contributed by atoms with Gasteiger partial charge in [-0.2, -0.15) is 0 Å². The normalized spacial score (nSPS) is 30.0. The molecule has 1 saturated heterocycles. The van der Waals surface area contributed by atoms with Crippen LogP contribution < -0.4 is 0 Å². The third kappa shape index (κ3) is 3.28. The van der Waals surface area contributed by atoms with E-state index in [1.54, 1.807) is 23.9 Å². The van der Waals surface area contributed by atoms with E-state index >= 15 is 0 Å². The van der Waals surface area contributed by atoms with Gasteiger partial charge in [-0.15, -0.1) is 24.4 Å². The molecule has 5 atom stereocenters. The first-order valence-corrected chi connectivity index (χ1v) is 11.8. The summed E-state index contributed by atoms with van der Waals surface area (Å²) >= 11 is 6.36. The predicted octanol–water partition coefficient (Wildman–Crippen LogP) is 2.97. The highest BCUT2D eigenvalue weighted by Crippen LogP contribution is 2.58. The number of nitro benzene ring substituents is 1. The van der Waals surface area contributed by atoms with Crippen LogP contribution in [0.1, 0.15) is 33.3 Å². The van der Waals surface area contributed by atoms with Crippen molar-refractivity contribution >= 4 is 42.0 Å². The summed E-state index contributed by atoms with van der Waals surface area (Å²) in [6.07, 6.45) is -0.728. The van der Waals surface area contributed by atoms with E-state index in [0.717, 1.165) is 16.2 Å². The molecule has 0 radical (unpaired) electrons. The SMILES string of the molecule is CC1=C(C)N(C2(Cc3ccc([N+](=O)[O-])cc3)C(S)=C(C(=O)O)N3C(=O)[C@@H]([C@@H](C)O)C32)C(C)S1. The molecule has 0 aliphatic carbocycles. The molecular weight excluding hydrogens is 466 g/mol. The van der Waals surface area contributed by atoms with Crippen LogP contribution >= 0.6 is 24.4 Å². The standard InChI is InChI=1S/C22H25N3O6S2/c1-10-12(3)33-13(4)24(10)22(9-14-5-7-15(8-6-14)25(30)31)18-16(11(2)26)20(27)23(18)17(19(22)32)21(28)29/h5-8,11,13,16,18,26,32H,9H2,1-4H3,(H,28,29)/t11-,13?,16+,18?,22?/m1/s1. The Morgan fingerprint density at radius 1 is 1.33 bits per heavy atom. The van der Waals surface area contributed by atoms with Gasteiger partial charge in [-0.3, -0.25) is 19.8 Å². The van der Waals surface area contributed by atoms with Crippen molar-refractivity contribution in [3.8, 4) is 0 Å². The van der Waals surface area contributed by atoms with Gasteiger partial charge < -0.3 is 15.1 Å². The molecule has 1 aromatic rings. The summed E-state index contributed by atoms with van der Waals surface area (Å²) in [5.41, 5.74) is 0.387. The fraction of sp³-hybridized carbons (Fsp3) is 0.455. The summed E-state index contributed by atoms with van der Waals surface area (Å²) in [5.74, 6) is -2.50. The van der Waals surface area contributed by atoms with Crippen molar-refractivity contribution in [2.75, 3.05) is 0 Å². The molecule has 2 N–H and O–H groups in total. The van der Waals surface area contributed by atoms with Crippen molar-refractivity contribution < 1.29 is 24.7 Å². The monoisotopic (exact) mass is 491 g/mol. The number of benzene rings is 1. The number of aliphatic hydroxyl groups is 1. The Balaban J connectivity index is 1.94. The van der Waals surface area contributed by atoms with Crippen molar-refractivity contribution in [2.45, 2.75) is 57.2 Å². The molecule has 0 saturated carbocycles. The number of allylic oxidation sites excluding steroid dienone is 2. The number of hydrogen-bond donors (Lipinski definition) is 3. The summed E-state index contributed by atoms with van der Waals surface area (Å²) in [6, 6.07) is 5.44. The van der Waals surface area contributed by atoms with Gasteiger partial charge in [-0.1, -0.05) is 12.1 Å². The van der Waals surface area contributed by atoms with Crippen molar-refractivity contribution in [3.63, 3.8) is 0 Å². The first-order valence-electron chi connectivity index (χ1n) is 10.5. The fourth-order valence-corrected chi connectivity index (χ4v) is 7.20. The van der Waals surface area contributed by atoms with Crippen LogP contribution in [0.4, 0.5) is 5.69 Å². The number of fused-ring (bicyclic) bond motifs is 1. The lowest BCUT2D eigenvalue weighted by Crippen LogP contribution is -2.73. The number of thioether (sulfide) groups is 1. The number of non-ortho nitro benzene ring substituents is 1. The van der Waals surface area contributed by atoms with Crippen LogP contribution in [0.3, 0.4) is 0 Å². The predicted molar refractivity (Wildman–Crippen MR) is 126 cm³/mol. The van der Waals surface area contributed by atoms with Gasteiger partial charge in [0.05, 0.1) is 33.9 Å². The van der Waals surface area contributed by atoms with Crippen LogP contribution in [0.5, 0.6) is 0 Å². The minimum atomic E-state index is -1.26. The smallest absolute Gasteiger partial charge is 0.353 e. The molecule has 0 spiro atoms. The number of thiol groups is 1. The molecule has 11 heteroatoms. The van der Waals surface area contributed by atoms with Gasteiger partial charge in [0.15, 0.2) is 0 Å². The van der Waals surface area contributed by atoms with Gasteiger partial charge in [-0.05, 0) is 33.3 Å². The number of β-lactam (4-membered cyclic amide) rings is 1. The van der Waals surface area contributed by atoms with E-state index < -0.39 is 40.4 Å². The Morgan fingerprint density at radius 2 is 1.94 bits per heavy atom. The first-order chi connectivity index (χ1) is 15.4. The number of amides is 1. The molecule has 4 rings (SSSR count). The van der Waals surface area contributed by atoms with Gasteiger partial charge in [0.2, 0.25) is 5.91 Å². The second-order valence-corrected chi connectivity index (χ2v) is 10.7. The molecule has 3 unspecified atom stereocenters. The summed E-state index contributed by atoms with van der Waals surface area (Å²) in [4.78, 5) is 40.5. The van der Waals surface area contributed by atoms with E-state index in [-0.39, 0.29) is 28.1 Å². The summed E-state index contributed by atoms with van der Waals surface area (Å²) in [6.45, 7) is 7.47. The van der Waals surface area contributed by atoms with Crippen LogP contribution in [-0.4, -0.2) is 59.9 Å². The highest BCUT2D eigenvalue weighted by Gasteiger charge is 2.70. The number of aliphatic carboxylic acids is 1. The van der Waals surface area contributed by atoms with E-state index in [9.17, 15) is 29.9 Å². The van der Waals surface area contributed by atoms with Gasteiger partial charge >= 0.3 is 5.97 Å². The van der Waals surface area contributed by atoms with Crippen LogP contribution in [-0.2, 0) is 16.0 Å². The third-order valence-corrected chi connectivity index (χ3v) is 8.66. The average molecular weight is 492 g/mol. The van der Waals surface area contributed by atoms with Gasteiger partial charge in [0.1, 0.15) is 5.70 Å². The number of aliphatic hydroxyl groups excluding tert-OH is 1. The Hall–Kier alpha value is -2.50. The second kappa shape index (κ2) is 8.07. The fourth-order valence-electron chi connectivity index (χ4n) is 5.44. The number of rotatable bonds is 6. The van der Waals surface area contributed by atoms with Crippen LogP contribution in [0.2, 0.25) is 0 Å². The van der Waals surface area contributed by atoms with Crippen molar-refractivity contribution in [3.05, 3.63) is 61.1 Å². The lowest BCUT2D eigenvalue weighted by molar-refractivity contribution is -0.384. The molecule has 1 aromatic carbocycles. The van der Waals surface area contributed by atoms with E-state index in [1.807, 2.05) is 20.8 Å². The summed E-state index contributed by atoms with van der Waals surface area (Å²) < 4.78 is 0. The largest absolute Gasteiger partial charge is 0.477 e. The van der Waals surface area contributed by atoms with Gasteiger partial charge in [0, 0.05) is 34.1 Å². The topological polar surface area (TPSA) is 124 Å². The van der Waals surface area contributed by atoms with Gasteiger partial charge in [0.25, 0.3) is 5.69 Å². The maximum atomic E-state index is 13.0. The van der Waals surface area contributed by atoms with E-state index in [1.165, 1.54) is 24.0 Å². The van der Waals surface area contributed by atoms with E-state index in [0.29, 0.717) is 0 Å². The summed E-state index contributed by atoms with van der Waals surface area (Å²) in [7, 11) is 0. The summed E-state index contributed by atoms with van der Waals surface area (Å²) in [5, 5.41) is 31.5. The zero-order valence-electron chi connectivity index (χ0n) is 18.6. The molecule has 9 nitrogen and oxygen atoms in total. The lowest BCUT2D eigenvalue weighted by Gasteiger charge is -2.56. The quantitative estimate of drug-likeness (QED) is 0.240. The Kier molecular flexibility index (Phi) is 5.78. The lowest BCUT2D eigenvalue weighted by atomic mass is 9.70. The highest BCUT2D eigenvalue weighted by molar-refractivity contribution is 8.03. The maximum absolute atomic E-state index is 13.0. The molecule has 3 heterocycles. The minimum Gasteiger partial charge on any atom is -0.477 e. The van der Waals surface area contributed by atoms with E-state index in [4.69, 9.17) is 12.6 Å². The number of nitro groups is 1. The molecular formula is C22H25N3O6S2. The first kappa shape index (κ1) is 23.7. The molecule has 0 aromatic heterocycles. The maximum Gasteiger partial charge on any atom is 0.353 e. The third-order valence-electron chi connectivity index (χ3n) is 6.86. The number of carboxylic acid groups (broad SMARTS) is 1. The van der Waals surface area contributed by atoms with Crippen molar-refractivity contribution in [2.24, 2.45) is 5.92 Å². The Labute approximate surface area is 200 Å². The van der Waals surface area contributed by atoms with Crippen molar-refractivity contribution in [1.29, 1.82) is 0 Å². The van der Waals surface area contributed by atoms with Crippen molar-refractivity contribution in [1.82, 2.24) is 9.80 Å². The highest BCUT2D eigenvalue weighted by atomic mass is 32.2. The molecule has 33 heavy (non-hydrogen) atoms. The molecule has 1 amide bonds. The molecule has 176 valence electrons. The average Bonchev–Trinajstić information content (AvgIpc) is 3.10. The van der Waals surface area contributed by atoms with Crippen LogP contribution in [0.25, 0.3) is 0 Å². The Bertz CT molecular complexity index is 1120. The number of nitrogens with zero attached hydrogens (tertiary/aromatic N) is 3.